The van der Waals surface area contributed by atoms with E-state index in [4.69, 9.17) is 5.73 Å². The molecule has 0 heterocycles. The quantitative estimate of drug-likeness (QED) is 0.742. The van der Waals surface area contributed by atoms with Gasteiger partial charge >= 0.3 is 5.97 Å². The molecule has 1 amide bonds. The molecule has 0 saturated carbocycles. The zero-order valence-electron chi connectivity index (χ0n) is 11.2. The van der Waals surface area contributed by atoms with Crippen LogP contribution in [-0.2, 0) is 0 Å². The van der Waals surface area contributed by atoms with Crippen LogP contribution >= 0.6 is 15.9 Å². The van der Waals surface area contributed by atoms with Crippen LogP contribution in [0, 0.1) is 6.92 Å². The Morgan fingerprint density at radius 3 is 2.62 bits per heavy atom. The molecule has 0 aliphatic carbocycles. The minimum atomic E-state index is -1.09. The maximum atomic E-state index is 12.3. The van der Waals surface area contributed by atoms with Gasteiger partial charge in [0.05, 0.1) is 16.8 Å². The summed E-state index contributed by atoms with van der Waals surface area (Å²) in [5.74, 6) is -1.52. The topological polar surface area (TPSA) is 92.4 Å². The highest BCUT2D eigenvalue weighted by Gasteiger charge is 2.17. The molecule has 2 aromatic carbocycles. The van der Waals surface area contributed by atoms with Crippen LogP contribution in [0.3, 0.4) is 0 Å². The number of carbonyl (C=O) groups excluding carboxylic acids is 1. The van der Waals surface area contributed by atoms with E-state index in [0.29, 0.717) is 21.3 Å². The third kappa shape index (κ3) is 3.22. The Kier molecular flexibility index (Phi) is 4.28. The Balaban J connectivity index is 2.39. The van der Waals surface area contributed by atoms with E-state index in [0.717, 1.165) is 0 Å². The number of halogens is 1. The lowest BCUT2D eigenvalue weighted by molar-refractivity contribution is 0.0697. The average molecular weight is 349 g/mol. The minimum Gasteiger partial charge on any atom is -0.478 e. The Hall–Kier alpha value is -2.34. The molecule has 2 rings (SSSR count). The summed E-state index contributed by atoms with van der Waals surface area (Å²) in [6.07, 6.45) is 0. The first-order valence-corrected chi connectivity index (χ1v) is 6.88. The number of carbonyl (C=O) groups is 2. The van der Waals surface area contributed by atoms with Crippen LogP contribution in [0.1, 0.15) is 26.3 Å². The van der Waals surface area contributed by atoms with Gasteiger partial charge in [0.15, 0.2) is 0 Å². The largest absolute Gasteiger partial charge is 0.478 e. The molecule has 0 fully saturated rings. The molecule has 2 aromatic rings. The maximum Gasteiger partial charge on any atom is 0.338 e. The van der Waals surface area contributed by atoms with Crippen molar-refractivity contribution < 1.29 is 14.7 Å². The van der Waals surface area contributed by atoms with Crippen molar-refractivity contribution in [3.8, 4) is 0 Å². The smallest absolute Gasteiger partial charge is 0.338 e. The standard InChI is InChI=1S/C15H13BrN2O3/c1-8-3-2-4-12(13(8)15(20)21)18-14(19)10-7-9(17)5-6-11(10)16/h2-7H,17H2,1H3,(H,18,19)(H,20,21). The number of hydrogen-bond acceptors (Lipinski definition) is 3. The van der Waals surface area contributed by atoms with Gasteiger partial charge in [-0.05, 0) is 52.7 Å². The van der Waals surface area contributed by atoms with Crippen LogP contribution in [0.25, 0.3) is 0 Å². The summed E-state index contributed by atoms with van der Waals surface area (Å²) in [6.45, 7) is 1.68. The molecule has 0 saturated heterocycles. The summed E-state index contributed by atoms with van der Waals surface area (Å²) in [5.41, 5.74) is 7.36. The van der Waals surface area contributed by atoms with Crippen LogP contribution in [0.15, 0.2) is 40.9 Å². The molecule has 0 spiro atoms. The molecule has 0 aliphatic heterocycles. The van der Waals surface area contributed by atoms with E-state index in [1.807, 2.05) is 0 Å². The highest BCUT2D eigenvalue weighted by molar-refractivity contribution is 9.10. The maximum absolute atomic E-state index is 12.3. The average Bonchev–Trinajstić information content (AvgIpc) is 2.41. The third-order valence-electron chi connectivity index (χ3n) is 2.97. The second-order valence-electron chi connectivity index (χ2n) is 4.50. The van der Waals surface area contributed by atoms with Crippen molar-refractivity contribution >= 4 is 39.2 Å². The number of nitrogens with two attached hydrogens (primary N) is 1. The normalized spacial score (nSPS) is 10.2. The monoisotopic (exact) mass is 348 g/mol. The zero-order valence-corrected chi connectivity index (χ0v) is 12.8. The summed E-state index contributed by atoms with van der Waals surface area (Å²) >= 11 is 3.27. The van der Waals surface area contributed by atoms with Crippen molar-refractivity contribution in [2.75, 3.05) is 11.1 Å². The van der Waals surface area contributed by atoms with Gasteiger partial charge in [0.2, 0.25) is 0 Å². The van der Waals surface area contributed by atoms with Gasteiger partial charge in [0.1, 0.15) is 0 Å². The molecule has 0 aromatic heterocycles. The molecule has 0 unspecified atom stereocenters. The number of aromatic carboxylic acids is 1. The van der Waals surface area contributed by atoms with Crippen LogP contribution in [-0.4, -0.2) is 17.0 Å². The minimum absolute atomic E-state index is 0.0749. The summed E-state index contributed by atoms with van der Waals surface area (Å²) < 4.78 is 0.582. The molecular formula is C15H13BrN2O3. The molecule has 6 heteroatoms. The van der Waals surface area contributed by atoms with Gasteiger partial charge in [-0.3, -0.25) is 4.79 Å². The van der Waals surface area contributed by atoms with Crippen LogP contribution in [0.5, 0.6) is 0 Å². The Morgan fingerprint density at radius 2 is 1.95 bits per heavy atom. The SMILES string of the molecule is Cc1cccc(NC(=O)c2cc(N)ccc2Br)c1C(=O)O. The van der Waals surface area contributed by atoms with Crippen LogP contribution in [0.4, 0.5) is 11.4 Å². The van der Waals surface area contributed by atoms with Crippen LogP contribution in [0.2, 0.25) is 0 Å². The second-order valence-corrected chi connectivity index (χ2v) is 5.35. The fourth-order valence-corrected chi connectivity index (χ4v) is 2.39. The first kappa shape index (κ1) is 15.1. The Bertz CT molecular complexity index is 729. The van der Waals surface area contributed by atoms with E-state index in [1.165, 1.54) is 6.07 Å². The number of anilines is 2. The number of amides is 1. The summed E-state index contributed by atoms with van der Waals surface area (Å²) in [7, 11) is 0. The van der Waals surface area contributed by atoms with Gasteiger partial charge in [0.25, 0.3) is 5.91 Å². The molecule has 0 radical (unpaired) electrons. The number of aryl methyl sites for hydroxylation is 1. The number of benzene rings is 2. The van der Waals surface area contributed by atoms with Crippen molar-refractivity contribution in [2.24, 2.45) is 0 Å². The van der Waals surface area contributed by atoms with Crippen molar-refractivity contribution in [1.29, 1.82) is 0 Å². The number of rotatable bonds is 3. The van der Waals surface area contributed by atoms with E-state index in [-0.39, 0.29) is 11.3 Å². The van der Waals surface area contributed by atoms with E-state index in [1.54, 1.807) is 37.3 Å². The third-order valence-corrected chi connectivity index (χ3v) is 3.66. The van der Waals surface area contributed by atoms with Gasteiger partial charge in [-0.2, -0.15) is 0 Å². The lowest BCUT2D eigenvalue weighted by atomic mass is 10.1. The van der Waals surface area contributed by atoms with Gasteiger partial charge in [-0.15, -0.1) is 0 Å². The first-order valence-electron chi connectivity index (χ1n) is 6.09. The number of nitrogens with one attached hydrogen (secondary N) is 1. The molecule has 0 bridgehead atoms. The van der Waals surface area contributed by atoms with Crippen molar-refractivity contribution in [1.82, 2.24) is 0 Å². The number of carboxylic acid groups (broad SMARTS) is 1. The second kappa shape index (κ2) is 5.97. The highest BCUT2D eigenvalue weighted by atomic mass is 79.9. The molecule has 5 nitrogen and oxygen atoms in total. The molecule has 21 heavy (non-hydrogen) atoms. The van der Waals surface area contributed by atoms with Crippen molar-refractivity contribution in [2.45, 2.75) is 6.92 Å². The van der Waals surface area contributed by atoms with Crippen molar-refractivity contribution in [3.63, 3.8) is 0 Å². The lowest BCUT2D eigenvalue weighted by Crippen LogP contribution is -2.16. The Morgan fingerprint density at radius 1 is 1.24 bits per heavy atom. The Labute approximate surface area is 129 Å². The lowest BCUT2D eigenvalue weighted by Gasteiger charge is -2.11. The van der Waals surface area contributed by atoms with E-state index in [9.17, 15) is 14.7 Å². The zero-order chi connectivity index (χ0) is 15.6. The van der Waals surface area contributed by atoms with E-state index >= 15 is 0 Å². The molecule has 108 valence electrons. The number of hydrogen-bond donors (Lipinski definition) is 3. The molecule has 4 N–H and O–H groups in total. The predicted molar refractivity (Wildman–Crippen MR) is 84.6 cm³/mol. The fraction of sp³-hybridized carbons (Fsp3) is 0.0667. The summed E-state index contributed by atoms with van der Waals surface area (Å²) in [6, 6.07) is 9.76. The van der Waals surface area contributed by atoms with Crippen molar-refractivity contribution in [3.05, 3.63) is 57.6 Å². The van der Waals surface area contributed by atoms with E-state index < -0.39 is 11.9 Å². The molecule has 0 atom stereocenters. The summed E-state index contributed by atoms with van der Waals surface area (Å²) in [4.78, 5) is 23.6. The van der Waals surface area contributed by atoms with Gasteiger partial charge in [-0.1, -0.05) is 12.1 Å². The van der Waals surface area contributed by atoms with E-state index in [2.05, 4.69) is 21.2 Å². The van der Waals surface area contributed by atoms with Gasteiger partial charge in [0, 0.05) is 10.2 Å². The van der Waals surface area contributed by atoms with Crippen LogP contribution < -0.4 is 11.1 Å². The fourth-order valence-electron chi connectivity index (χ4n) is 1.96. The highest BCUT2D eigenvalue weighted by Crippen LogP contribution is 2.24. The predicted octanol–water partition coefficient (Wildman–Crippen LogP) is 3.29. The molecular weight excluding hydrogens is 336 g/mol. The van der Waals surface area contributed by atoms with Gasteiger partial charge in [-0.25, -0.2) is 4.79 Å². The van der Waals surface area contributed by atoms with Gasteiger partial charge < -0.3 is 16.2 Å². The summed E-state index contributed by atoms with van der Waals surface area (Å²) in [5, 5.41) is 11.9. The molecule has 0 aliphatic rings. The first-order chi connectivity index (χ1) is 9.90. The number of nitrogen functional groups attached to an aromatic ring is 1. The number of carboxylic acids is 1.